The summed E-state index contributed by atoms with van der Waals surface area (Å²) in [6.07, 6.45) is 3.05. The van der Waals surface area contributed by atoms with Gasteiger partial charge in [0.15, 0.2) is 0 Å². The third-order valence-corrected chi connectivity index (χ3v) is 4.11. The quantitative estimate of drug-likeness (QED) is 0.897. The Bertz CT molecular complexity index is 564. The normalized spacial score (nSPS) is 14.7. The molecule has 0 bridgehead atoms. The first kappa shape index (κ1) is 16.0. The number of aromatic nitrogens is 3. The largest absolute Gasteiger partial charge is 0.490 e. The molecule has 0 spiro atoms. The van der Waals surface area contributed by atoms with Gasteiger partial charge in [0, 0.05) is 4.47 Å². The van der Waals surface area contributed by atoms with Crippen LogP contribution in [0.15, 0.2) is 41.4 Å². The van der Waals surface area contributed by atoms with Crippen molar-refractivity contribution in [1.29, 1.82) is 0 Å². The zero-order chi connectivity index (χ0) is 15.5. The number of hydrogen-bond acceptors (Lipinski definition) is 4. The molecule has 0 aliphatic rings. The molecule has 0 aliphatic carbocycles. The molecule has 0 fully saturated rings. The molecule has 1 aromatic carbocycles. The molecule has 1 unspecified atom stereocenters. The van der Waals surface area contributed by atoms with E-state index in [9.17, 15) is 5.11 Å². The van der Waals surface area contributed by atoms with E-state index >= 15 is 0 Å². The number of hydrogen-bond donors (Lipinski definition) is 1. The molecule has 0 radical (unpaired) electrons. The molecule has 1 heterocycles. The molecule has 0 amide bonds. The van der Waals surface area contributed by atoms with Crippen molar-refractivity contribution in [3.8, 4) is 5.75 Å². The van der Waals surface area contributed by atoms with Gasteiger partial charge in [-0.2, -0.15) is 5.10 Å². The fourth-order valence-electron chi connectivity index (χ4n) is 1.82. The minimum atomic E-state index is -1.06. The molecule has 2 aromatic rings. The van der Waals surface area contributed by atoms with E-state index < -0.39 is 5.60 Å². The Kier molecular flexibility index (Phi) is 4.68. The van der Waals surface area contributed by atoms with E-state index in [1.807, 2.05) is 45.0 Å². The maximum absolute atomic E-state index is 11.0. The third-order valence-electron chi connectivity index (χ3n) is 3.58. The molecule has 5 nitrogen and oxygen atoms in total. The predicted octanol–water partition coefficient (Wildman–Crippen LogP) is 2.90. The summed E-state index contributed by atoms with van der Waals surface area (Å²) in [6.45, 7) is 6.45. The van der Waals surface area contributed by atoms with Crippen LogP contribution in [0.3, 0.4) is 0 Å². The summed E-state index contributed by atoms with van der Waals surface area (Å²) in [4.78, 5) is 3.91. The van der Waals surface area contributed by atoms with Crippen molar-refractivity contribution in [2.75, 3.05) is 6.61 Å². The van der Waals surface area contributed by atoms with Crippen LogP contribution in [0.2, 0.25) is 0 Å². The average molecular weight is 354 g/mol. The number of halogens is 1. The predicted molar refractivity (Wildman–Crippen MR) is 84.1 cm³/mol. The van der Waals surface area contributed by atoms with Crippen molar-refractivity contribution in [2.45, 2.75) is 32.9 Å². The summed E-state index contributed by atoms with van der Waals surface area (Å²) in [6, 6.07) is 7.54. The van der Waals surface area contributed by atoms with Crippen LogP contribution in [-0.2, 0) is 6.54 Å². The molecule has 0 aliphatic heterocycles. The molecule has 1 N–H and O–H groups in total. The van der Waals surface area contributed by atoms with Crippen LogP contribution in [0.4, 0.5) is 0 Å². The van der Waals surface area contributed by atoms with Gasteiger partial charge in [0.1, 0.15) is 30.6 Å². The third kappa shape index (κ3) is 4.04. The lowest BCUT2D eigenvalue weighted by Gasteiger charge is -2.39. The van der Waals surface area contributed by atoms with Crippen molar-refractivity contribution in [3.05, 3.63) is 41.4 Å². The van der Waals surface area contributed by atoms with Gasteiger partial charge in [-0.1, -0.05) is 36.7 Å². The van der Waals surface area contributed by atoms with Gasteiger partial charge >= 0.3 is 0 Å². The van der Waals surface area contributed by atoms with Gasteiger partial charge in [-0.3, -0.25) is 0 Å². The number of aliphatic hydroxyl groups is 1. The Balaban J connectivity index is 2.11. The number of nitrogens with zero attached hydrogens (tertiary/aromatic N) is 3. The van der Waals surface area contributed by atoms with Gasteiger partial charge < -0.3 is 9.84 Å². The number of rotatable bonds is 5. The van der Waals surface area contributed by atoms with Crippen LogP contribution < -0.4 is 4.74 Å². The van der Waals surface area contributed by atoms with Gasteiger partial charge in [0.05, 0.1) is 6.54 Å². The van der Waals surface area contributed by atoms with E-state index in [4.69, 9.17) is 4.74 Å². The molecular weight excluding hydrogens is 334 g/mol. The van der Waals surface area contributed by atoms with Gasteiger partial charge in [-0.25, -0.2) is 9.67 Å². The Hall–Kier alpha value is -1.40. The second-order valence-electron chi connectivity index (χ2n) is 6.12. The van der Waals surface area contributed by atoms with Crippen LogP contribution in [0.25, 0.3) is 0 Å². The van der Waals surface area contributed by atoms with Crippen molar-refractivity contribution in [3.63, 3.8) is 0 Å². The lowest BCUT2D eigenvalue weighted by Crippen LogP contribution is -2.51. The lowest BCUT2D eigenvalue weighted by atomic mass is 9.77. The summed E-state index contributed by atoms with van der Waals surface area (Å²) >= 11 is 3.38. The maximum Gasteiger partial charge on any atom is 0.137 e. The number of ether oxygens (including phenoxy) is 1. The van der Waals surface area contributed by atoms with E-state index in [0.717, 1.165) is 10.2 Å². The summed E-state index contributed by atoms with van der Waals surface area (Å²) < 4.78 is 8.38. The van der Waals surface area contributed by atoms with Crippen molar-refractivity contribution in [2.24, 2.45) is 5.41 Å². The highest BCUT2D eigenvalue weighted by Crippen LogP contribution is 2.32. The monoisotopic (exact) mass is 353 g/mol. The van der Waals surface area contributed by atoms with Gasteiger partial charge in [-0.15, -0.1) is 0 Å². The first-order valence-corrected chi connectivity index (χ1v) is 7.53. The molecule has 0 saturated carbocycles. The van der Waals surface area contributed by atoms with E-state index in [2.05, 4.69) is 26.0 Å². The van der Waals surface area contributed by atoms with E-state index in [1.54, 1.807) is 11.0 Å². The zero-order valence-electron chi connectivity index (χ0n) is 12.5. The Morgan fingerprint density at radius 3 is 2.43 bits per heavy atom. The van der Waals surface area contributed by atoms with E-state index in [1.165, 1.54) is 6.33 Å². The van der Waals surface area contributed by atoms with Crippen molar-refractivity contribution >= 4 is 15.9 Å². The Morgan fingerprint density at radius 2 is 1.90 bits per heavy atom. The van der Waals surface area contributed by atoms with Gasteiger partial charge in [-0.05, 0) is 29.7 Å². The molecule has 114 valence electrons. The Labute approximate surface area is 133 Å². The lowest BCUT2D eigenvalue weighted by molar-refractivity contribution is -0.101. The fourth-order valence-corrected chi connectivity index (χ4v) is 2.08. The van der Waals surface area contributed by atoms with Crippen LogP contribution in [0, 0.1) is 5.41 Å². The van der Waals surface area contributed by atoms with Crippen LogP contribution >= 0.6 is 15.9 Å². The maximum atomic E-state index is 11.0. The standard InChI is InChI=1S/C15H20BrN3O2/c1-14(2,3)15(20,8-19-11-17-10-18-19)9-21-13-6-4-12(16)5-7-13/h4-7,10-11,20H,8-9H2,1-3H3. The molecule has 1 atom stereocenters. The molecule has 1 aromatic heterocycles. The minimum Gasteiger partial charge on any atom is -0.490 e. The summed E-state index contributed by atoms with van der Waals surface area (Å²) in [5, 5.41) is 15.1. The average Bonchev–Trinajstić information content (AvgIpc) is 2.89. The molecule has 6 heteroatoms. The topological polar surface area (TPSA) is 60.2 Å². The van der Waals surface area contributed by atoms with Crippen molar-refractivity contribution in [1.82, 2.24) is 14.8 Å². The second kappa shape index (κ2) is 6.15. The van der Waals surface area contributed by atoms with Crippen LogP contribution in [0.1, 0.15) is 20.8 Å². The summed E-state index contributed by atoms with van der Waals surface area (Å²) in [5.41, 5.74) is -1.43. The highest BCUT2D eigenvalue weighted by molar-refractivity contribution is 9.10. The minimum absolute atomic E-state index is 0.179. The highest BCUT2D eigenvalue weighted by Gasteiger charge is 2.41. The first-order valence-electron chi connectivity index (χ1n) is 6.73. The fraction of sp³-hybridized carbons (Fsp3) is 0.467. The zero-order valence-corrected chi connectivity index (χ0v) is 14.0. The molecule has 0 saturated heterocycles. The van der Waals surface area contributed by atoms with E-state index in [0.29, 0.717) is 6.54 Å². The first-order chi connectivity index (χ1) is 9.80. The van der Waals surface area contributed by atoms with Crippen molar-refractivity contribution < 1.29 is 9.84 Å². The smallest absolute Gasteiger partial charge is 0.137 e. The van der Waals surface area contributed by atoms with Crippen LogP contribution in [0.5, 0.6) is 5.75 Å². The summed E-state index contributed by atoms with van der Waals surface area (Å²) in [7, 11) is 0. The second-order valence-corrected chi connectivity index (χ2v) is 7.03. The van der Waals surface area contributed by atoms with E-state index in [-0.39, 0.29) is 12.0 Å². The van der Waals surface area contributed by atoms with Crippen LogP contribution in [-0.4, -0.2) is 32.1 Å². The Morgan fingerprint density at radius 1 is 1.24 bits per heavy atom. The summed E-state index contributed by atoms with van der Waals surface area (Å²) in [5.74, 6) is 0.722. The highest BCUT2D eigenvalue weighted by atomic mass is 79.9. The van der Waals surface area contributed by atoms with Gasteiger partial charge in [0.25, 0.3) is 0 Å². The SMILES string of the molecule is CC(C)(C)C(O)(COc1ccc(Br)cc1)Cn1cncn1. The number of benzene rings is 1. The molecular formula is C15H20BrN3O2. The molecule has 2 rings (SSSR count). The van der Waals surface area contributed by atoms with Gasteiger partial charge in [0.2, 0.25) is 0 Å². The molecule has 21 heavy (non-hydrogen) atoms.